The van der Waals surface area contributed by atoms with Gasteiger partial charge in [-0.1, -0.05) is 0 Å². The van der Waals surface area contributed by atoms with Gasteiger partial charge in [-0.25, -0.2) is 4.68 Å². The maximum absolute atomic E-state index is 10.9. The Bertz CT molecular complexity index is 293. The molecule has 1 aromatic rings. The lowest BCUT2D eigenvalue weighted by Gasteiger charge is -2.13. The van der Waals surface area contributed by atoms with E-state index in [0.29, 0.717) is 11.6 Å². The number of aryl methyl sites for hydroxylation is 1. The minimum atomic E-state index is -0.0134. The van der Waals surface area contributed by atoms with E-state index in [1.54, 1.807) is 10.7 Å². The fourth-order valence-corrected chi connectivity index (χ4v) is 1.24. The summed E-state index contributed by atoms with van der Waals surface area (Å²) in [6, 6.07) is 1.70. The highest BCUT2D eigenvalue weighted by molar-refractivity contribution is 5.92. The predicted octanol–water partition coefficient (Wildman–Crippen LogP) is 0.868. The first-order valence-electron chi connectivity index (χ1n) is 3.99. The number of carbonyl (C=O) groups excluding carboxylic acids is 1. The fourth-order valence-electron chi connectivity index (χ4n) is 1.24. The molecule has 0 fully saturated rings. The van der Waals surface area contributed by atoms with E-state index in [1.807, 2.05) is 0 Å². The molecule has 1 aliphatic rings. The summed E-state index contributed by atoms with van der Waals surface area (Å²) in [7, 11) is 0. The number of ketones is 1. The first kappa shape index (κ1) is 7.34. The van der Waals surface area contributed by atoms with Crippen molar-refractivity contribution in [3.63, 3.8) is 0 Å². The smallest absolute Gasteiger partial charge is 0.212 e. The van der Waals surface area contributed by atoms with Crippen molar-refractivity contribution in [3.05, 3.63) is 11.8 Å². The van der Waals surface area contributed by atoms with E-state index in [9.17, 15) is 4.79 Å². The van der Waals surface area contributed by atoms with Crippen LogP contribution in [-0.4, -0.2) is 22.2 Å². The molecule has 0 unspecified atom stereocenters. The van der Waals surface area contributed by atoms with Crippen LogP contribution in [0.3, 0.4) is 0 Å². The molecule has 0 atom stereocenters. The third kappa shape index (κ3) is 1.09. The summed E-state index contributed by atoms with van der Waals surface area (Å²) >= 11 is 0. The number of aromatic nitrogens is 2. The number of Topliss-reactive ketones (excluding diaryl/α,β-unsaturated/α-hetero) is 1. The largest absolute Gasteiger partial charge is 0.478 e. The zero-order chi connectivity index (χ0) is 8.55. The van der Waals surface area contributed by atoms with E-state index in [0.717, 1.165) is 19.6 Å². The molecule has 4 nitrogen and oxygen atoms in total. The summed E-state index contributed by atoms with van der Waals surface area (Å²) in [5.74, 6) is 0.701. The van der Waals surface area contributed by atoms with Crippen LogP contribution >= 0.6 is 0 Å². The zero-order valence-corrected chi connectivity index (χ0v) is 6.91. The number of nitrogens with zero attached hydrogens (tertiary/aromatic N) is 2. The average molecular weight is 166 g/mol. The molecular formula is C8H10N2O2. The number of hydrogen-bond acceptors (Lipinski definition) is 3. The van der Waals surface area contributed by atoms with Crippen LogP contribution < -0.4 is 4.74 Å². The SMILES string of the molecule is CC(=O)c1cc2n(n1)CCCO2. The molecule has 1 aliphatic heterocycles. The summed E-state index contributed by atoms with van der Waals surface area (Å²) in [6.45, 7) is 3.08. The standard InChI is InChI=1S/C8H10N2O2/c1-6(11)7-5-8-10(9-7)3-2-4-12-8/h5H,2-4H2,1H3. The van der Waals surface area contributed by atoms with Crippen LogP contribution in [0.5, 0.6) is 5.88 Å². The van der Waals surface area contributed by atoms with Gasteiger partial charge in [-0.2, -0.15) is 5.10 Å². The van der Waals surface area contributed by atoms with E-state index in [4.69, 9.17) is 4.74 Å². The molecule has 4 heteroatoms. The summed E-state index contributed by atoms with van der Waals surface area (Å²) in [5.41, 5.74) is 0.493. The van der Waals surface area contributed by atoms with Crippen molar-refractivity contribution in [2.24, 2.45) is 0 Å². The molecule has 2 heterocycles. The highest BCUT2D eigenvalue weighted by atomic mass is 16.5. The number of ether oxygens (including phenoxy) is 1. The maximum Gasteiger partial charge on any atom is 0.212 e. The Hall–Kier alpha value is -1.32. The van der Waals surface area contributed by atoms with E-state index >= 15 is 0 Å². The molecule has 1 aromatic heterocycles. The van der Waals surface area contributed by atoms with Gasteiger partial charge in [0.15, 0.2) is 5.78 Å². The number of fused-ring (bicyclic) bond motifs is 1. The van der Waals surface area contributed by atoms with Gasteiger partial charge in [-0.05, 0) is 0 Å². The Kier molecular flexibility index (Phi) is 1.60. The molecule has 0 saturated heterocycles. The second-order valence-corrected chi connectivity index (χ2v) is 2.85. The molecule has 0 spiro atoms. The fraction of sp³-hybridized carbons (Fsp3) is 0.500. The van der Waals surface area contributed by atoms with Crippen molar-refractivity contribution in [2.45, 2.75) is 19.9 Å². The second kappa shape index (κ2) is 2.62. The van der Waals surface area contributed by atoms with Gasteiger partial charge in [0.1, 0.15) is 5.69 Å². The Morgan fingerprint density at radius 3 is 3.25 bits per heavy atom. The third-order valence-corrected chi connectivity index (χ3v) is 1.87. The lowest BCUT2D eigenvalue weighted by molar-refractivity contribution is 0.101. The van der Waals surface area contributed by atoms with E-state index < -0.39 is 0 Å². The van der Waals surface area contributed by atoms with E-state index in [2.05, 4.69) is 5.10 Å². The van der Waals surface area contributed by atoms with Crippen molar-refractivity contribution in [1.29, 1.82) is 0 Å². The van der Waals surface area contributed by atoms with Crippen molar-refractivity contribution < 1.29 is 9.53 Å². The van der Waals surface area contributed by atoms with Crippen molar-refractivity contribution >= 4 is 5.78 Å². The van der Waals surface area contributed by atoms with Gasteiger partial charge in [-0.15, -0.1) is 0 Å². The molecule has 0 radical (unpaired) electrons. The third-order valence-electron chi connectivity index (χ3n) is 1.87. The van der Waals surface area contributed by atoms with Crippen LogP contribution in [0.1, 0.15) is 23.8 Å². The van der Waals surface area contributed by atoms with Gasteiger partial charge in [0, 0.05) is 26.0 Å². The van der Waals surface area contributed by atoms with Gasteiger partial charge in [0.05, 0.1) is 6.61 Å². The second-order valence-electron chi connectivity index (χ2n) is 2.85. The predicted molar refractivity (Wildman–Crippen MR) is 42.3 cm³/mol. The highest BCUT2D eigenvalue weighted by Crippen LogP contribution is 2.18. The quantitative estimate of drug-likeness (QED) is 0.581. The van der Waals surface area contributed by atoms with Crippen LogP contribution in [-0.2, 0) is 6.54 Å². The maximum atomic E-state index is 10.9. The van der Waals surface area contributed by atoms with Crippen molar-refractivity contribution in [1.82, 2.24) is 9.78 Å². The number of hydrogen-bond donors (Lipinski definition) is 0. The van der Waals surface area contributed by atoms with E-state index in [1.165, 1.54) is 6.92 Å². The molecule has 0 aliphatic carbocycles. The molecule has 12 heavy (non-hydrogen) atoms. The monoisotopic (exact) mass is 166 g/mol. The van der Waals surface area contributed by atoms with Gasteiger partial charge < -0.3 is 4.74 Å². The first-order chi connectivity index (χ1) is 5.77. The Morgan fingerprint density at radius 2 is 2.58 bits per heavy atom. The molecule has 0 amide bonds. The zero-order valence-electron chi connectivity index (χ0n) is 6.91. The topological polar surface area (TPSA) is 44.1 Å². The molecule has 0 saturated carbocycles. The summed E-state index contributed by atoms with van der Waals surface area (Å²) in [5, 5.41) is 4.09. The molecule has 0 aromatic carbocycles. The van der Waals surface area contributed by atoms with Gasteiger partial charge in [-0.3, -0.25) is 4.79 Å². The summed E-state index contributed by atoms with van der Waals surface area (Å²) < 4.78 is 7.04. The van der Waals surface area contributed by atoms with Crippen LogP contribution in [0.25, 0.3) is 0 Å². The molecule has 0 bridgehead atoms. The van der Waals surface area contributed by atoms with Gasteiger partial charge in [0.25, 0.3) is 0 Å². The summed E-state index contributed by atoms with van der Waals surface area (Å²) in [4.78, 5) is 10.9. The molecular weight excluding hydrogens is 156 g/mol. The van der Waals surface area contributed by atoms with Crippen LogP contribution in [0.2, 0.25) is 0 Å². The molecule has 0 N–H and O–H groups in total. The Labute approximate surface area is 70.1 Å². The normalized spacial score (nSPS) is 15.1. The van der Waals surface area contributed by atoms with Crippen LogP contribution in [0.15, 0.2) is 6.07 Å². The van der Waals surface area contributed by atoms with Crippen molar-refractivity contribution in [2.75, 3.05) is 6.61 Å². The lowest BCUT2D eigenvalue weighted by Crippen LogP contribution is -2.14. The van der Waals surface area contributed by atoms with Crippen molar-refractivity contribution in [3.8, 4) is 5.88 Å². The molecule has 64 valence electrons. The van der Waals surface area contributed by atoms with Gasteiger partial charge in [0.2, 0.25) is 5.88 Å². The lowest BCUT2D eigenvalue weighted by atomic mass is 10.3. The number of carbonyl (C=O) groups is 1. The Balaban J connectivity index is 2.38. The molecule has 2 rings (SSSR count). The van der Waals surface area contributed by atoms with E-state index in [-0.39, 0.29) is 5.78 Å². The summed E-state index contributed by atoms with van der Waals surface area (Å²) in [6.07, 6.45) is 0.964. The minimum Gasteiger partial charge on any atom is -0.478 e. The highest BCUT2D eigenvalue weighted by Gasteiger charge is 2.14. The average Bonchev–Trinajstić information content (AvgIpc) is 2.46. The number of rotatable bonds is 1. The van der Waals surface area contributed by atoms with Crippen LogP contribution in [0.4, 0.5) is 0 Å². The van der Waals surface area contributed by atoms with Crippen LogP contribution in [0, 0.1) is 0 Å². The Morgan fingerprint density at radius 1 is 1.75 bits per heavy atom. The first-order valence-corrected chi connectivity index (χ1v) is 3.99. The van der Waals surface area contributed by atoms with Gasteiger partial charge >= 0.3 is 0 Å². The minimum absolute atomic E-state index is 0.0134.